The third kappa shape index (κ3) is 1.38. The van der Waals surface area contributed by atoms with Crippen LogP contribution >= 0.6 is 22.9 Å². The van der Waals surface area contributed by atoms with Gasteiger partial charge < -0.3 is 0 Å². The van der Waals surface area contributed by atoms with Crippen LogP contribution in [0.1, 0.15) is 0 Å². The third-order valence-electron chi connectivity index (χ3n) is 0.622. The van der Waals surface area contributed by atoms with Crippen molar-refractivity contribution in [3.63, 3.8) is 0 Å². The minimum atomic E-state index is 1.84. The lowest BCUT2D eigenvalue weighted by atomic mass is 10.5. The molecule has 1 aliphatic heterocycles. The van der Waals surface area contributed by atoms with E-state index in [1.54, 1.807) is 0 Å². The Morgan fingerprint density at radius 1 is 1.43 bits per heavy atom. The monoisotopic (exact) mass is 208 g/mol. The standard InChI is InChI=1S/C4H5IN2/c5-7-4-2-1-3-6-7/h1-4,6H. The Kier molecular flexibility index (Phi) is 1.56. The zero-order valence-corrected chi connectivity index (χ0v) is 5.79. The highest BCUT2D eigenvalue weighted by Crippen LogP contribution is 1.97. The molecular weight excluding hydrogens is 203 g/mol. The Labute approximate surface area is 56.3 Å². The molecule has 0 spiro atoms. The van der Waals surface area contributed by atoms with Crippen molar-refractivity contribution in [1.29, 1.82) is 0 Å². The van der Waals surface area contributed by atoms with E-state index in [0.717, 1.165) is 0 Å². The molecule has 0 saturated heterocycles. The van der Waals surface area contributed by atoms with Crippen LogP contribution in [0.15, 0.2) is 24.6 Å². The summed E-state index contributed by atoms with van der Waals surface area (Å²) in [6.07, 6.45) is 7.70. The van der Waals surface area contributed by atoms with E-state index in [2.05, 4.69) is 28.3 Å². The molecule has 1 rings (SSSR count). The van der Waals surface area contributed by atoms with Crippen molar-refractivity contribution in [2.45, 2.75) is 0 Å². The molecule has 1 N–H and O–H groups in total. The van der Waals surface area contributed by atoms with Crippen molar-refractivity contribution in [1.82, 2.24) is 8.65 Å². The fourth-order valence-electron chi connectivity index (χ4n) is 0.338. The molecule has 38 valence electrons. The Morgan fingerprint density at radius 3 is 2.57 bits per heavy atom. The average Bonchev–Trinajstić information content (AvgIpc) is 1.69. The van der Waals surface area contributed by atoms with Crippen LogP contribution in [-0.2, 0) is 0 Å². The first-order valence-electron chi connectivity index (χ1n) is 1.94. The van der Waals surface area contributed by atoms with Gasteiger partial charge in [-0.3, -0.25) is 5.43 Å². The second-order valence-corrected chi connectivity index (χ2v) is 2.18. The van der Waals surface area contributed by atoms with Gasteiger partial charge in [0.15, 0.2) is 0 Å². The number of nitrogens with one attached hydrogen (secondary N) is 1. The van der Waals surface area contributed by atoms with Crippen molar-refractivity contribution in [2.75, 3.05) is 0 Å². The topological polar surface area (TPSA) is 15.3 Å². The normalized spacial score (nSPS) is 17.0. The summed E-state index contributed by atoms with van der Waals surface area (Å²) < 4.78 is 1.84. The first-order valence-corrected chi connectivity index (χ1v) is 2.90. The minimum Gasteiger partial charge on any atom is -0.297 e. The maximum Gasteiger partial charge on any atom is 0.0821 e. The lowest BCUT2D eigenvalue weighted by molar-refractivity contribution is 0.576. The molecule has 1 aliphatic rings. The molecule has 2 nitrogen and oxygen atoms in total. The van der Waals surface area contributed by atoms with Crippen molar-refractivity contribution in [3.05, 3.63) is 24.6 Å². The van der Waals surface area contributed by atoms with E-state index in [1.807, 2.05) is 27.8 Å². The van der Waals surface area contributed by atoms with E-state index >= 15 is 0 Å². The molecule has 7 heavy (non-hydrogen) atoms. The Morgan fingerprint density at radius 2 is 2.29 bits per heavy atom. The number of rotatable bonds is 0. The van der Waals surface area contributed by atoms with Gasteiger partial charge >= 0.3 is 0 Å². The van der Waals surface area contributed by atoms with E-state index in [-0.39, 0.29) is 0 Å². The highest BCUT2D eigenvalue weighted by molar-refractivity contribution is 14.1. The number of halogens is 1. The molecule has 0 atom stereocenters. The minimum absolute atomic E-state index is 1.84. The Hall–Kier alpha value is -0.190. The zero-order valence-electron chi connectivity index (χ0n) is 3.63. The molecule has 0 saturated carbocycles. The summed E-state index contributed by atoms with van der Waals surface area (Å²) in [5, 5.41) is 0. The first kappa shape index (κ1) is 4.96. The summed E-state index contributed by atoms with van der Waals surface area (Å²) >= 11 is 2.14. The molecule has 0 unspecified atom stereocenters. The smallest absolute Gasteiger partial charge is 0.0821 e. The van der Waals surface area contributed by atoms with Crippen LogP contribution in [0.2, 0.25) is 0 Å². The molecule has 1 heterocycles. The molecule has 0 radical (unpaired) electrons. The van der Waals surface area contributed by atoms with Gasteiger partial charge in [0.05, 0.1) is 22.9 Å². The van der Waals surface area contributed by atoms with Crippen LogP contribution in [-0.4, -0.2) is 3.22 Å². The number of hydrazine groups is 1. The molecule has 0 bridgehead atoms. The summed E-state index contributed by atoms with van der Waals surface area (Å²) in [5.41, 5.74) is 2.93. The van der Waals surface area contributed by atoms with Gasteiger partial charge in [0.1, 0.15) is 0 Å². The van der Waals surface area contributed by atoms with E-state index in [1.165, 1.54) is 0 Å². The predicted molar refractivity (Wildman–Crippen MR) is 37.3 cm³/mol. The molecule has 0 aromatic rings. The van der Waals surface area contributed by atoms with Gasteiger partial charge in [0, 0.05) is 12.4 Å². The van der Waals surface area contributed by atoms with E-state index < -0.39 is 0 Å². The van der Waals surface area contributed by atoms with Gasteiger partial charge in [-0.05, 0) is 12.2 Å². The van der Waals surface area contributed by atoms with Gasteiger partial charge in [0.25, 0.3) is 0 Å². The maximum atomic E-state index is 2.93. The van der Waals surface area contributed by atoms with Gasteiger partial charge in [-0.15, -0.1) is 0 Å². The van der Waals surface area contributed by atoms with E-state index in [0.29, 0.717) is 0 Å². The van der Waals surface area contributed by atoms with Crippen LogP contribution in [0.5, 0.6) is 0 Å². The van der Waals surface area contributed by atoms with Crippen LogP contribution in [0.4, 0.5) is 0 Å². The van der Waals surface area contributed by atoms with Crippen molar-refractivity contribution in [3.8, 4) is 0 Å². The number of nitrogens with zero attached hydrogens (tertiary/aromatic N) is 1. The highest BCUT2D eigenvalue weighted by atomic mass is 127. The van der Waals surface area contributed by atoms with Crippen LogP contribution in [0.3, 0.4) is 0 Å². The second-order valence-electron chi connectivity index (χ2n) is 1.14. The Bertz CT molecular complexity index is 108. The number of allylic oxidation sites excluding steroid dienone is 2. The third-order valence-corrected chi connectivity index (χ3v) is 1.22. The predicted octanol–water partition coefficient (Wildman–Crippen LogP) is 1.18. The Balaban J connectivity index is 2.49. The van der Waals surface area contributed by atoms with Crippen molar-refractivity contribution >= 4 is 22.9 Å². The highest BCUT2D eigenvalue weighted by Gasteiger charge is 1.85. The van der Waals surface area contributed by atoms with Crippen LogP contribution < -0.4 is 5.43 Å². The molecular formula is C4H5IN2. The number of hydrogen-bond donors (Lipinski definition) is 1. The van der Waals surface area contributed by atoms with Gasteiger partial charge in [-0.2, -0.15) is 0 Å². The average molecular weight is 208 g/mol. The molecule has 3 heteroatoms. The zero-order chi connectivity index (χ0) is 5.11. The van der Waals surface area contributed by atoms with Crippen molar-refractivity contribution in [2.24, 2.45) is 0 Å². The van der Waals surface area contributed by atoms with E-state index in [9.17, 15) is 0 Å². The van der Waals surface area contributed by atoms with E-state index in [4.69, 9.17) is 0 Å². The van der Waals surface area contributed by atoms with Crippen LogP contribution in [0, 0.1) is 0 Å². The molecule has 0 amide bonds. The largest absolute Gasteiger partial charge is 0.297 e. The number of hydrogen-bond acceptors (Lipinski definition) is 2. The molecule has 0 aliphatic carbocycles. The summed E-state index contributed by atoms with van der Waals surface area (Å²) in [6.45, 7) is 0. The molecule has 0 fully saturated rings. The quantitative estimate of drug-likeness (QED) is 0.475. The van der Waals surface area contributed by atoms with Gasteiger partial charge in [0.2, 0.25) is 0 Å². The van der Waals surface area contributed by atoms with Crippen molar-refractivity contribution < 1.29 is 0 Å². The summed E-state index contributed by atoms with van der Waals surface area (Å²) in [4.78, 5) is 0. The lowest BCUT2D eigenvalue weighted by Crippen LogP contribution is -2.18. The fraction of sp³-hybridized carbons (Fsp3) is 0. The SMILES string of the molecule is IN1C=CC=CN1. The van der Waals surface area contributed by atoms with Crippen LogP contribution in [0.25, 0.3) is 0 Å². The first-order chi connectivity index (χ1) is 3.39. The summed E-state index contributed by atoms with van der Waals surface area (Å²) in [6, 6.07) is 0. The van der Waals surface area contributed by atoms with Gasteiger partial charge in [-0.25, -0.2) is 3.22 Å². The lowest BCUT2D eigenvalue weighted by Gasteiger charge is -2.11. The summed E-state index contributed by atoms with van der Waals surface area (Å²) in [5.74, 6) is 0. The molecule has 0 aromatic carbocycles. The summed E-state index contributed by atoms with van der Waals surface area (Å²) in [7, 11) is 0. The van der Waals surface area contributed by atoms with Gasteiger partial charge in [-0.1, -0.05) is 0 Å². The second kappa shape index (κ2) is 2.20. The molecule has 0 aromatic heterocycles. The fourth-order valence-corrected chi connectivity index (χ4v) is 0.685. The maximum absolute atomic E-state index is 2.93.